The first-order chi connectivity index (χ1) is 11.4. The van der Waals surface area contributed by atoms with Gasteiger partial charge in [0.25, 0.3) is 5.78 Å². The molecule has 0 bridgehead atoms. The largest absolute Gasteiger partial charge is 0.464 e. The van der Waals surface area contributed by atoms with Crippen molar-refractivity contribution in [2.24, 2.45) is 5.41 Å². The molecule has 1 atom stereocenters. The number of nitrogens with zero attached hydrogens (tertiary/aromatic N) is 4. The van der Waals surface area contributed by atoms with Gasteiger partial charge in [-0.15, -0.1) is 0 Å². The van der Waals surface area contributed by atoms with Crippen LogP contribution in [0.5, 0.6) is 0 Å². The molecule has 0 aliphatic carbocycles. The van der Waals surface area contributed by atoms with E-state index in [4.69, 9.17) is 4.42 Å². The predicted molar refractivity (Wildman–Crippen MR) is 94.1 cm³/mol. The average molecular weight is 327 g/mol. The van der Waals surface area contributed by atoms with Gasteiger partial charge in [0.2, 0.25) is 0 Å². The van der Waals surface area contributed by atoms with Gasteiger partial charge in [-0.25, -0.2) is 4.98 Å². The third-order valence-electron chi connectivity index (χ3n) is 4.14. The summed E-state index contributed by atoms with van der Waals surface area (Å²) < 4.78 is 7.76. The molecule has 6 nitrogen and oxygen atoms in total. The minimum absolute atomic E-state index is 0.0114. The van der Waals surface area contributed by atoms with E-state index in [1.165, 1.54) is 6.33 Å². The second kappa shape index (κ2) is 6.26. The first-order valence-corrected chi connectivity index (χ1v) is 8.47. The Morgan fingerprint density at radius 3 is 2.62 bits per heavy atom. The Balaban J connectivity index is 2.03. The molecule has 3 rings (SSSR count). The van der Waals surface area contributed by atoms with E-state index in [9.17, 15) is 0 Å². The third-order valence-corrected chi connectivity index (χ3v) is 4.14. The van der Waals surface area contributed by atoms with Crippen LogP contribution in [0.2, 0.25) is 0 Å². The van der Waals surface area contributed by atoms with Crippen molar-refractivity contribution in [1.82, 2.24) is 19.6 Å². The van der Waals surface area contributed by atoms with Crippen LogP contribution in [0.4, 0.5) is 5.82 Å². The van der Waals surface area contributed by atoms with Gasteiger partial charge in [0, 0.05) is 18.2 Å². The molecule has 3 aromatic rings. The number of nitrogens with one attached hydrogen (secondary N) is 1. The quantitative estimate of drug-likeness (QED) is 0.766. The summed E-state index contributed by atoms with van der Waals surface area (Å²) in [4.78, 5) is 8.72. The Morgan fingerprint density at radius 1 is 1.21 bits per heavy atom. The van der Waals surface area contributed by atoms with Gasteiger partial charge in [-0.05, 0) is 24.0 Å². The lowest BCUT2D eigenvalue weighted by Gasteiger charge is -2.30. The van der Waals surface area contributed by atoms with Gasteiger partial charge < -0.3 is 9.73 Å². The molecule has 1 N–H and O–H groups in total. The molecule has 0 amide bonds. The van der Waals surface area contributed by atoms with E-state index >= 15 is 0 Å². The summed E-state index contributed by atoms with van der Waals surface area (Å²) in [6.45, 7) is 10.8. The Kier molecular flexibility index (Phi) is 4.30. The second-order valence-electron chi connectivity index (χ2n) is 7.06. The summed E-state index contributed by atoms with van der Waals surface area (Å²) >= 11 is 0. The summed E-state index contributed by atoms with van der Waals surface area (Å²) in [6.07, 6.45) is 3.26. The van der Waals surface area contributed by atoms with Gasteiger partial charge in [0.1, 0.15) is 23.7 Å². The van der Waals surface area contributed by atoms with Gasteiger partial charge in [-0.3, -0.25) is 0 Å². The molecule has 3 aromatic heterocycles. The van der Waals surface area contributed by atoms with Crippen LogP contribution in [0.25, 0.3) is 5.78 Å². The Morgan fingerprint density at radius 2 is 2.00 bits per heavy atom. The van der Waals surface area contributed by atoms with Crippen LogP contribution in [-0.2, 0) is 12.8 Å². The molecule has 0 aliphatic rings. The molecule has 0 saturated carbocycles. The van der Waals surface area contributed by atoms with Gasteiger partial charge in [0.05, 0.1) is 6.04 Å². The first kappa shape index (κ1) is 16.5. The maximum atomic E-state index is 6.02. The molecular weight excluding hydrogens is 302 g/mol. The fourth-order valence-corrected chi connectivity index (χ4v) is 2.75. The molecule has 3 heterocycles. The average Bonchev–Trinajstić information content (AvgIpc) is 3.19. The standard InChI is InChI=1S/C18H25N5O/c1-6-12-10-15(23-17(21-12)19-11-20-23)22-16(18(3,4)5)14-9-8-13(7-2)24-14/h8-11,16,22H,6-7H2,1-5H3. The number of hydrogen-bond donors (Lipinski definition) is 1. The number of aromatic nitrogens is 4. The summed E-state index contributed by atoms with van der Waals surface area (Å²) in [5.74, 6) is 3.42. The van der Waals surface area contributed by atoms with Crippen molar-refractivity contribution >= 4 is 11.6 Å². The van der Waals surface area contributed by atoms with Gasteiger partial charge in [0.15, 0.2) is 0 Å². The monoisotopic (exact) mass is 327 g/mol. The fraction of sp³-hybridized carbons (Fsp3) is 0.500. The van der Waals surface area contributed by atoms with Crippen molar-refractivity contribution < 1.29 is 4.42 Å². The lowest BCUT2D eigenvalue weighted by atomic mass is 9.85. The van der Waals surface area contributed by atoms with Crippen LogP contribution < -0.4 is 5.32 Å². The van der Waals surface area contributed by atoms with Gasteiger partial charge in [-0.2, -0.15) is 14.6 Å². The maximum Gasteiger partial charge on any atom is 0.254 e. The summed E-state index contributed by atoms with van der Waals surface area (Å²) in [6, 6.07) is 6.15. The summed E-state index contributed by atoms with van der Waals surface area (Å²) in [5.41, 5.74) is 0.949. The number of hydrogen-bond acceptors (Lipinski definition) is 5. The van der Waals surface area contributed by atoms with Crippen LogP contribution in [0.1, 0.15) is 57.9 Å². The van der Waals surface area contributed by atoms with Crippen molar-refractivity contribution in [3.05, 3.63) is 41.7 Å². The van der Waals surface area contributed by atoms with Gasteiger partial charge in [-0.1, -0.05) is 34.6 Å². The molecular formula is C18H25N5O. The van der Waals surface area contributed by atoms with Crippen molar-refractivity contribution in [2.45, 2.75) is 53.5 Å². The van der Waals surface area contributed by atoms with Crippen LogP contribution in [0, 0.1) is 5.41 Å². The van der Waals surface area contributed by atoms with Crippen molar-refractivity contribution in [3.8, 4) is 0 Å². The maximum absolute atomic E-state index is 6.02. The van der Waals surface area contributed by atoms with Crippen LogP contribution in [-0.4, -0.2) is 19.6 Å². The number of anilines is 1. The van der Waals surface area contributed by atoms with Crippen molar-refractivity contribution in [2.75, 3.05) is 5.32 Å². The highest BCUT2D eigenvalue weighted by molar-refractivity contribution is 5.46. The fourth-order valence-electron chi connectivity index (χ4n) is 2.75. The van der Waals surface area contributed by atoms with E-state index in [2.05, 4.69) is 61.1 Å². The van der Waals surface area contributed by atoms with Crippen molar-refractivity contribution in [3.63, 3.8) is 0 Å². The van der Waals surface area contributed by atoms with Gasteiger partial charge >= 0.3 is 0 Å². The number of rotatable bonds is 5. The molecule has 0 spiro atoms. The number of aryl methyl sites for hydroxylation is 2. The highest BCUT2D eigenvalue weighted by Crippen LogP contribution is 2.36. The minimum atomic E-state index is -0.0363. The number of furan rings is 1. The molecule has 6 heteroatoms. The molecule has 24 heavy (non-hydrogen) atoms. The Labute approximate surface area is 142 Å². The SMILES string of the molecule is CCc1cc(NC(c2ccc(CC)o2)C(C)(C)C)n2ncnc2n1. The summed E-state index contributed by atoms with van der Waals surface area (Å²) in [5, 5.41) is 7.90. The molecule has 128 valence electrons. The lowest BCUT2D eigenvalue weighted by Crippen LogP contribution is -2.26. The van der Waals surface area contributed by atoms with E-state index in [0.29, 0.717) is 5.78 Å². The van der Waals surface area contributed by atoms with E-state index in [-0.39, 0.29) is 11.5 Å². The predicted octanol–water partition coefficient (Wildman–Crippen LogP) is 4.04. The van der Waals surface area contributed by atoms with E-state index in [1.807, 2.05) is 12.1 Å². The summed E-state index contributed by atoms with van der Waals surface area (Å²) in [7, 11) is 0. The molecule has 0 aliphatic heterocycles. The Hall–Kier alpha value is -2.37. The van der Waals surface area contributed by atoms with E-state index in [1.54, 1.807) is 4.52 Å². The zero-order valence-corrected chi connectivity index (χ0v) is 15.0. The highest BCUT2D eigenvalue weighted by Gasteiger charge is 2.30. The molecule has 0 aromatic carbocycles. The molecule has 1 unspecified atom stereocenters. The van der Waals surface area contributed by atoms with Crippen LogP contribution in [0.15, 0.2) is 28.9 Å². The van der Waals surface area contributed by atoms with Crippen LogP contribution >= 0.6 is 0 Å². The van der Waals surface area contributed by atoms with E-state index < -0.39 is 0 Å². The van der Waals surface area contributed by atoms with E-state index in [0.717, 1.165) is 35.9 Å². The first-order valence-electron chi connectivity index (χ1n) is 8.47. The minimum Gasteiger partial charge on any atom is -0.464 e. The second-order valence-corrected chi connectivity index (χ2v) is 7.06. The molecule has 0 saturated heterocycles. The number of fused-ring (bicyclic) bond motifs is 1. The zero-order valence-electron chi connectivity index (χ0n) is 15.0. The van der Waals surface area contributed by atoms with Crippen molar-refractivity contribution in [1.29, 1.82) is 0 Å². The topological polar surface area (TPSA) is 68.2 Å². The van der Waals surface area contributed by atoms with Crippen LogP contribution in [0.3, 0.4) is 0 Å². The molecule has 0 fully saturated rings. The third kappa shape index (κ3) is 3.13. The highest BCUT2D eigenvalue weighted by atomic mass is 16.3. The molecule has 0 radical (unpaired) electrons. The zero-order chi connectivity index (χ0) is 17.3. The Bertz CT molecular complexity index is 827. The lowest BCUT2D eigenvalue weighted by molar-refractivity contribution is 0.298. The normalized spacial score (nSPS) is 13.4. The smallest absolute Gasteiger partial charge is 0.254 e.